The van der Waals surface area contributed by atoms with Gasteiger partial charge in [-0.05, 0) is 13.3 Å². The van der Waals surface area contributed by atoms with Gasteiger partial charge in [-0.3, -0.25) is 24.0 Å². The van der Waals surface area contributed by atoms with E-state index in [1.807, 2.05) is 0 Å². The van der Waals surface area contributed by atoms with Crippen LogP contribution in [0.3, 0.4) is 0 Å². The Hall–Kier alpha value is -3.13. The van der Waals surface area contributed by atoms with Crippen LogP contribution < -0.4 is 21.7 Å². The SMILES string of the molecule is CC(NC(=O)C(CS)NC(=O)C(CCC(=O)O)NC(=O)C(N)Cc1cnc[nH]1)C(=O)O. The number of thiol groups is 1. The van der Waals surface area contributed by atoms with E-state index < -0.39 is 60.2 Å². The molecule has 0 radical (unpaired) electrons. The fourth-order valence-electron chi connectivity index (χ4n) is 2.38. The summed E-state index contributed by atoms with van der Waals surface area (Å²) in [7, 11) is 0. The highest BCUT2D eigenvalue weighted by Crippen LogP contribution is 2.03. The van der Waals surface area contributed by atoms with Crippen molar-refractivity contribution in [1.82, 2.24) is 25.9 Å². The van der Waals surface area contributed by atoms with E-state index in [2.05, 4.69) is 38.5 Å². The molecule has 3 amide bonds. The molecule has 0 aliphatic rings. The molecule has 13 nitrogen and oxygen atoms in total. The number of hydrogen-bond donors (Lipinski definition) is 8. The zero-order valence-corrected chi connectivity index (χ0v) is 17.6. The number of carboxylic acid groups (broad SMARTS) is 2. The number of imidazole rings is 1. The summed E-state index contributed by atoms with van der Waals surface area (Å²) in [6.45, 7) is 1.24. The van der Waals surface area contributed by atoms with E-state index in [0.29, 0.717) is 5.69 Å². The second-order valence-electron chi connectivity index (χ2n) is 6.69. The number of nitrogens with one attached hydrogen (secondary N) is 4. The van der Waals surface area contributed by atoms with Crippen LogP contribution in [0.25, 0.3) is 0 Å². The number of carboxylic acids is 2. The Morgan fingerprint density at radius 1 is 1.10 bits per heavy atom. The van der Waals surface area contributed by atoms with Gasteiger partial charge in [-0.25, -0.2) is 4.98 Å². The molecule has 0 aliphatic heterocycles. The summed E-state index contributed by atoms with van der Waals surface area (Å²) >= 11 is 3.98. The summed E-state index contributed by atoms with van der Waals surface area (Å²) in [4.78, 5) is 65.6. The quantitative estimate of drug-likeness (QED) is 0.148. The van der Waals surface area contributed by atoms with Gasteiger partial charge in [0.25, 0.3) is 0 Å². The summed E-state index contributed by atoms with van der Waals surface area (Å²) in [6, 6.07) is -4.74. The number of amides is 3. The Kier molecular flexibility index (Phi) is 10.5. The molecule has 0 spiro atoms. The number of aromatic nitrogens is 2. The first-order chi connectivity index (χ1) is 14.5. The van der Waals surface area contributed by atoms with Crippen LogP contribution in [0, 0.1) is 0 Å². The number of nitrogens with two attached hydrogens (primary N) is 1. The molecule has 14 heteroatoms. The molecule has 0 fully saturated rings. The maximum absolute atomic E-state index is 12.6. The van der Waals surface area contributed by atoms with Crippen LogP contribution in [-0.2, 0) is 30.4 Å². The minimum Gasteiger partial charge on any atom is -0.481 e. The molecule has 1 heterocycles. The van der Waals surface area contributed by atoms with Gasteiger partial charge in [0, 0.05) is 30.5 Å². The van der Waals surface area contributed by atoms with E-state index in [-0.39, 0.29) is 18.6 Å². The van der Waals surface area contributed by atoms with Gasteiger partial charge in [0.2, 0.25) is 17.7 Å². The molecular weight excluding hydrogens is 432 g/mol. The monoisotopic (exact) mass is 458 g/mol. The predicted molar refractivity (Wildman–Crippen MR) is 110 cm³/mol. The normalized spacial score (nSPS) is 14.5. The van der Waals surface area contributed by atoms with E-state index >= 15 is 0 Å². The number of aromatic amines is 1. The van der Waals surface area contributed by atoms with Crippen LogP contribution >= 0.6 is 12.6 Å². The first-order valence-corrected chi connectivity index (χ1v) is 9.87. The number of H-pyrrole nitrogens is 1. The van der Waals surface area contributed by atoms with Crippen LogP contribution in [0.5, 0.6) is 0 Å². The zero-order chi connectivity index (χ0) is 23.6. The Bertz CT molecular complexity index is 788. The second kappa shape index (κ2) is 12.5. The topological polar surface area (TPSA) is 217 Å². The first-order valence-electron chi connectivity index (χ1n) is 9.24. The van der Waals surface area contributed by atoms with Gasteiger partial charge < -0.3 is 36.9 Å². The highest BCUT2D eigenvalue weighted by molar-refractivity contribution is 7.80. The molecule has 4 unspecified atom stereocenters. The van der Waals surface area contributed by atoms with Crippen molar-refractivity contribution in [2.24, 2.45) is 5.73 Å². The molecule has 1 rings (SSSR count). The summed E-state index contributed by atoms with van der Waals surface area (Å²) in [6.07, 6.45) is 2.32. The average molecular weight is 458 g/mol. The largest absolute Gasteiger partial charge is 0.481 e. The number of rotatable bonds is 13. The lowest BCUT2D eigenvalue weighted by Crippen LogP contribution is -2.57. The third kappa shape index (κ3) is 9.04. The van der Waals surface area contributed by atoms with Crippen molar-refractivity contribution < 1.29 is 34.2 Å². The fourth-order valence-corrected chi connectivity index (χ4v) is 2.64. The van der Waals surface area contributed by atoms with Crippen LogP contribution in [0.15, 0.2) is 12.5 Å². The van der Waals surface area contributed by atoms with E-state index in [1.165, 1.54) is 19.4 Å². The van der Waals surface area contributed by atoms with Gasteiger partial charge in [-0.1, -0.05) is 0 Å². The third-order valence-corrected chi connectivity index (χ3v) is 4.52. The summed E-state index contributed by atoms with van der Waals surface area (Å²) in [5.41, 5.74) is 6.42. The molecule has 172 valence electrons. The minimum atomic E-state index is -1.29. The number of nitrogens with zero attached hydrogens (tertiary/aromatic N) is 1. The van der Waals surface area contributed by atoms with Crippen LogP contribution in [-0.4, -0.2) is 79.8 Å². The van der Waals surface area contributed by atoms with Crippen LogP contribution in [0.4, 0.5) is 0 Å². The lowest BCUT2D eigenvalue weighted by molar-refractivity contribution is -0.141. The second-order valence-corrected chi connectivity index (χ2v) is 7.06. The zero-order valence-electron chi connectivity index (χ0n) is 16.7. The van der Waals surface area contributed by atoms with E-state index in [0.717, 1.165) is 0 Å². The van der Waals surface area contributed by atoms with Gasteiger partial charge in [-0.2, -0.15) is 12.6 Å². The van der Waals surface area contributed by atoms with Gasteiger partial charge in [0.15, 0.2) is 0 Å². The van der Waals surface area contributed by atoms with Crippen molar-refractivity contribution in [3.05, 3.63) is 18.2 Å². The lowest BCUT2D eigenvalue weighted by Gasteiger charge is -2.23. The van der Waals surface area contributed by atoms with Crippen molar-refractivity contribution in [2.75, 3.05) is 5.75 Å². The Morgan fingerprint density at radius 3 is 2.23 bits per heavy atom. The van der Waals surface area contributed by atoms with Gasteiger partial charge >= 0.3 is 11.9 Å². The van der Waals surface area contributed by atoms with Gasteiger partial charge in [0.1, 0.15) is 18.1 Å². The van der Waals surface area contributed by atoms with Crippen LogP contribution in [0.2, 0.25) is 0 Å². The summed E-state index contributed by atoms with van der Waals surface area (Å²) in [5.74, 6) is -4.95. The summed E-state index contributed by atoms with van der Waals surface area (Å²) in [5, 5.41) is 24.7. The van der Waals surface area contributed by atoms with Crippen molar-refractivity contribution in [3.8, 4) is 0 Å². The minimum absolute atomic E-state index is 0.105. The highest BCUT2D eigenvalue weighted by Gasteiger charge is 2.29. The van der Waals surface area contributed by atoms with E-state index in [9.17, 15) is 24.0 Å². The number of carbonyl (C=O) groups excluding carboxylic acids is 3. The summed E-state index contributed by atoms with van der Waals surface area (Å²) < 4.78 is 0. The molecule has 31 heavy (non-hydrogen) atoms. The van der Waals surface area contributed by atoms with E-state index in [1.54, 1.807) is 0 Å². The lowest BCUT2D eigenvalue weighted by atomic mass is 10.1. The molecule has 0 saturated carbocycles. The molecular formula is C17H26N6O7S. The first kappa shape index (κ1) is 25.9. The van der Waals surface area contributed by atoms with Crippen molar-refractivity contribution >= 4 is 42.3 Å². The Balaban J connectivity index is 2.81. The molecule has 0 aromatic carbocycles. The maximum atomic E-state index is 12.6. The molecule has 0 aliphatic carbocycles. The van der Waals surface area contributed by atoms with E-state index in [4.69, 9.17) is 15.9 Å². The highest BCUT2D eigenvalue weighted by atomic mass is 32.1. The van der Waals surface area contributed by atoms with Crippen molar-refractivity contribution in [2.45, 2.75) is 50.4 Å². The third-order valence-electron chi connectivity index (χ3n) is 4.16. The Morgan fingerprint density at radius 2 is 1.71 bits per heavy atom. The number of carbonyl (C=O) groups is 5. The van der Waals surface area contributed by atoms with Crippen molar-refractivity contribution in [1.29, 1.82) is 0 Å². The number of aliphatic carboxylic acids is 2. The standard InChI is InChI=1S/C17H26N6O7S/c1-8(17(29)30)21-16(28)12(6-31)23-15(27)11(2-3-13(24)25)22-14(26)10(18)4-9-5-19-7-20-9/h5,7-8,10-12,31H,2-4,6,18H2,1H3,(H,19,20)(H,21,28)(H,22,26)(H,23,27)(H,24,25)(H,29,30). The molecule has 1 aromatic rings. The molecule has 0 bridgehead atoms. The van der Waals surface area contributed by atoms with Crippen molar-refractivity contribution in [3.63, 3.8) is 0 Å². The van der Waals surface area contributed by atoms with Gasteiger partial charge in [-0.15, -0.1) is 0 Å². The average Bonchev–Trinajstić information content (AvgIpc) is 3.21. The molecule has 4 atom stereocenters. The predicted octanol–water partition coefficient (Wildman–Crippen LogP) is -2.37. The van der Waals surface area contributed by atoms with Gasteiger partial charge in [0.05, 0.1) is 12.4 Å². The maximum Gasteiger partial charge on any atom is 0.325 e. The molecule has 1 aromatic heterocycles. The molecule has 8 N–H and O–H groups in total. The number of hydrogen-bond acceptors (Lipinski definition) is 8. The Labute approximate surface area is 183 Å². The molecule has 0 saturated heterocycles. The van der Waals surface area contributed by atoms with Crippen LogP contribution in [0.1, 0.15) is 25.5 Å². The smallest absolute Gasteiger partial charge is 0.325 e. The fraction of sp³-hybridized carbons (Fsp3) is 0.529.